The number of aryl methyl sites for hydroxylation is 3. The van der Waals surface area contributed by atoms with Crippen LogP contribution in [0.4, 0.5) is 4.39 Å². The molecule has 2 aromatic rings. The van der Waals surface area contributed by atoms with Crippen molar-refractivity contribution in [1.82, 2.24) is 0 Å². The molecule has 0 aliphatic rings. The van der Waals surface area contributed by atoms with Gasteiger partial charge in [0, 0.05) is 11.1 Å². The molecule has 0 saturated carbocycles. The molecule has 19 heavy (non-hydrogen) atoms. The summed E-state index contributed by atoms with van der Waals surface area (Å²) in [6.45, 7) is 5.85. The highest BCUT2D eigenvalue weighted by atomic mass is 79.9. The Kier molecular flexibility index (Phi) is 3.85. The number of benzene rings is 2. The summed E-state index contributed by atoms with van der Waals surface area (Å²) in [6, 6.07) is 8.31. The van der Waals surface area contributed by atoms with Gasteiger partial charge in [0.25, 0.3) is 0 Å². The van der Waals surface area contributed by atoms with Gasteiger partial charge in [0.05, 0.1) is 4.47 Å². The molecule has 0 radical (unpaired) electrons. The van der Waals surface area contributed by atoms with Crippen molar-refractivity contribution < 1.29 is 9.18 Å². The first kappa shape index (κ1) is 13.9. The molecule has 0 saturated heterocycles. The van der Waals surface area contributed by atoms with E-state index in [1.165, 1.54) is 18.2 Å². The standard InChI is InChI=1S/C16H14BrFO/c1-9-6-10(2)15(11(3)7-9)16(19)12-4-5-14(18)13(17)8-12/h4-8H,1-3H3. The number of carbonyl (C=O) groups is 1. The summed E-state index contributed by atoms with van der Waals surface area (Å²) in [5.74, 6) is -0.440. The highest BCUT2D eigenvalue weighted by molar-refractivity contribution is 9.10. The number of hydrogen-bond acceptors (Lipinski definition) is 1. The molecule has 0 aliphatic carbocycles. The van der Waals surface area contributed by atoms with Crippen LogP contribution in [0.3, 0.4) is 0 Å². The van der Waals surface area contributed by atoms with Crippen molar-refractivity contribution in [2.24, 2.45) is 0 Å². The lowest BCUT2D eigenvalue weighted by atomic mass is 9.93. The van der Waals surface area contributed by atoms with Crippen molar-refractivity contribution in [3.05, 3.63) is 68.4 Å². The molecule has 0 unspecified atom stereocenters. The van der Waals surface area contributed by atoms with Gasteiger partial charge in [-0.2, -0.15) is 0 Å². The van der Waals surface area contributed by atoms with E-state index in [1.54, 1.807) is 0 Å². The van der Waals surface area contributed by atoms with Gasteiger partial charge in [-0.25, -0.2) is 4.39 Å². The monoisotopic (exact) mass is 320 g/mol. The molecule has 2 aromatic carbocycles. The smallest absolute Gasteiger partial charge is 0.193 e. The fraction of sp³-hybridized carbons (Fsp3) is 0.188. The Balaban J connectivity index is 2.53. The maximum Gasteiger partial charge on any atom is 0.193 e. The molecule has 0 spiro atoms. The summed E-state index contributed by atoms with van der Waals surface area (Å²) in [6.07, 6.45) is 0. The molecule has 2 rings (SSSR count). The van der Waals surface area contributed by atoms with Gasteiger partial charge in [0.15, 0.2) is 5.78 Å². The zero-order valence-corrected chi connectivity index (χ0v) is 12.6. The van der Waals surface area contributed by atoms with Crippen LogP contribution in [0.2, 0.25) is 0 Å². The molecule has 3 heteroatoms. The van der Waals surface area contributed by atoms with Crippen LogP contribution in [0.15, 0.2) is 34.8 Å². The van der Waals surface area contributed by atoms with Crippen molar-refractivity contribution >= 4 is 21.7 Å². The molecule has 0 amide bonds. The average Bonchev–Trinajstić information content (AvgIpc) is 2.31. The van der Waals surface area contributed by atoms with Crippen LogP contribution < -0.4 is 0 Å². The number of hydrogen-bond donors (Lipinski definition) is 0. The number of ketones is 1. The molecule has 0 aromatic heterocycles. The zero-order chi connectivity index (χ0) is 14.2. The summed E-state index contributed by atoms with van der Waals surface area (Å²) in [7, 11) is 0. The highest BCUT2D eigenvalue weighted by Crippen LogP contribution is 2.23. The summed E-state index contributed by atoms with van der Waals surface area (Å²) in [5, 5.41) is 0. The van der Waals surface area contributed by atoms with Gasteiger partial charge in [-0.15, -0.1) is 0 Å². The van der Waals surface area contributed by atoms with E-state index >= 15 is 0 Å². The lowest BCUT2D eigenvalue weighted by Gasteiger charge is -2.10. The second-order valence-electron chi connectivity index (χ2n) is 4.73. The third-order valence-electron chi connectivity index (χ3n) is 3.09. The van der Waals surface area contributed by atoms with E-state index in [1.807, 2.05) is 32.9 Å². The number of rotatable bonds is 2. The molecule has 98 valence electrons. The minimum atomic E-state index is -0.367. The Labute approximate surface area is 120 Å². The van der Waals surface area contributed by atoms with Crippen molar-refractivity contribution in [2.75, 3.05) is 0 Å². The normalized spacial score (nSPS) is 10.6. The van der Waals surface area contributed by atoms with Crippen LogP contribution in [-0.4, -0.2) is 5.78 Å². The van der Waals surface area contributed by atoms with Crippen molar-refractivity contribution in [2.45, 2.75) is 20.8 Å². The molecule has 0 N–H and O–H groups in total. The Morgan fingerprint density at radius 2 is 1.63 bits per heavy atom. The first-order chi connectivity index (χ1) is 8.90. The molecular weight excluding hydrogens is 307 g/mol. The largest absolute Gasteiger partial charge is 0.289 e. The summed E-state index contributed by atoms with van der Waals surface area (Å²) in [4.78, 5) is 12.5. The van der Waals surface area contributed by atoms with E-state index in [2.05, 4.69) is 15.9 Å². The third kappa shape index (κ3) is 2.76. The van der Waals surface area contributed by atoms with E-state index in [0.717, 1.165) is 16.7 Å². The van der Waals surface area contributed by atoms with Crippen LogP contribution >= 0.6 is 15.9 Å². The predicted molar refractivity (Wildman–Crippen MR) is 78.2 cm³/mol. The van der Waals surface area contributed by atoms with E-state index in [9.17, 15) is 9.18 Å². The fourth-order valence-corrected chi connectivity index (χ4v) is 2.70. The minimum Gasteiger partial charge on any atom is -0.289 e. The topological polar surface area (TPSA) is 17.1 Å². The van der Waals surface area contributed by atoms with Gasteiger partial charge in [0.2, 0.25) is 0 Å². The van der Waals surface area contributed by atoms with Gasteiger partial charge < -0.3 is 0 Å². The Morgan fingerprint density at radius 3 is 2.16 bits per heavy atom. The van der Waals surface area contributed by atoms with Crippen molar-refractivity contribution in [3.63, 3.8) is 0 Å². The molecule has 0 atom stereocenters. The molecule has 0 aliphatic heterocycles. The molecule has 0 fully saturated rings. The zero-order valence-electron chi connectivity index (χ0n) is 11.1. The minimum absolute atomic E-state index is 0.0734. The highest BCUT2D eigenvalue weighted by Gasteiger charge is 2.16. The van der Waals surface area contributed by atoms with Gasteiger partial charge in [-0.3, -0.25) is 4.79 Å². The van der Waals surface area contributed by atoms with E-state index in [-0.39, 0.29) is 11.6 Å². The Hall–Kier alpha value is -1.48. The lowest BCUT2D eigenvalue weighted by molar-refractivity contribution is 0.103. The fourth-order valence-electron chi connectivity index (χ4n) is 2.32. The van der Waals surface area contributed by atoms with Gasteiger partial charge in [-0.05, 0) is 66.0 Å². The number of halogens is 2. The molecular formula is C16H14BrFO. The number of carbonyl (C=O) groups excluding carboxylic acids is 1. The summed E-state index contributed by atoms with van der Waals surface area (Å²) < 4.78 is 13.5. The van der Waals surface area contributed by atoms with Gasteiger partial charge >= 0.3 is 0 Å². The van der Waals surface area contributed by atoms with Crippen LogP contribution in [0.1, 0.15) is 32.6 Å². The molecule has 1 nitrogen and oxygen atoms in total. The first-order valence-electron chi connectivity index (χ1n) is 5.97. The van der Waals surface area contributed by atoms with Crippen molar-refractivity contribution in [1.29, 1.82) is 0 Å². The third-order valence-corrected chi connectivity index (χ3v) is 3.69. The maximum absolute atomic E-state index is 13.2. The average molecular weight is 321 g/mol. The summed E-state index contributed by atoms with van der Waals surface area (Å²) >= 11 is 3.11. The lowest BCUT2D eigenvalue weighted by Crippen LogP contribution is -2.07. The Bertz CT molecular complexity index is 639. The van der Waals surface area contributed by atoms with E-state index in [0.29, 0.717) is 15.6 Å². The first-order valence-corrected chi connectivity index (χ1v) is 6.77. The van der Waals surface area contributed by atoms with Gasteiger partial charge in [0.1, 0.15) is 5.82 Å². The second-order valence-corrected chi connectivity index (χ2v) is 5.59. The van der Waals surface area contributed by atoms with Crippen LogP contribution in [0.25, 0.3) is 0 Å². The second kappa shape index (κ2) is 5.25. The van der Waals surface area contributed by atoms with Crippen LogP contribution in [0, 0.1) is 26.6 Å². The van der Waals surface area contributed by atoms with Crippen molar-refractivity contribution in [3.8, 4) is 0 Å². The Morgan fingerprint density at radius 1 is 1.05 bits per heavy atom. The predicted octanol–water partition coefficient (Wildman–Crippen LogP) is 4.74. The maximum atomic E-state index is 13.2. The summed E-state index contributed by atoms with van der Waals surface area (Å²) in [5.41, 5.74) is 4.21. The van der Waals surface area contributed by atoms with E-state index in [4.69, 9.17) is 0 Å². The SMILES string of the molecule is Cc1cc(C)c(C(=O)c2ccc(F)c(Br)c2)c(C)c1. The quantitative estimate of drug-likeness (QED) is 0.730. The van der Waals surface area contributed by atoms with Crippen LogP contribution in [0.5, 0.6) is 0 Å². The van der Waals surface area contributed by atoms with Crippen LogP contribution in [-0.2, 0) is 0 Å². The van der Waals surface area contributed by atoms with Gasteiger partial charge in [-0.1, -0.05) is 17.7 Å². The molecule has 0 heterocycles. The molecule has 0 bridgehead atoms. The van der Waals surface area contributed by atoms with E-state index < -0.39 is 0 Å².